The van der Waals surface area contributed by atoms with Crippen LogP contribution in [0.2, 0.25) is 0 Å². The van der Waals surface area contributed by atoms with E-state index in [0.29, 0.717) is 0 Å². The van der Waals surface area contributed by atoms with E-state index < -0.39 is 0 Å². The summed E-state index contributed by atoms with van der Waals surface area (Å²) in [7, 11) is 2.19. The van der Waals surface area contributed by atoms with Crippen LogP contribution in [0.25, 0.3) is 0 Å². The van der Waals surface area contributed by atoms with Crippen molar-refractivity contribution in [3.8, 4) is 18.1 Å². The minimum atomic E-state index is 0.123. The number of aliphatic imine (C=N–C) groups is 1. The standard InChI is InChI=1S/C19H25N3O/c1-3-16-13-17-5-6-18(14-19(17)20-15-16)23-12-4-7-22-10-8-21(2)9-11-22/h1,5-6,14-16H,4,7-13H2,2H3. The zero-order valence-electron chi connectivity index (χ0n) is 13.9. The summed E-state index contributed by atoms with van der Waals surface area (Å²) in [6, 6.07) is 6.14. The van der Waals surface area contributed by atoms with Crippen LogP contribution in [-0.2, 0) is 6.42 Å². The molecule has 23 heavy (non-hydrogen) atoms. The summed E-state index contributed by atoms with van der Waals surface area (Å²) in [4.78, 5) is 9.35. The Hall–Kier alpha value is -1.83. The van der Waals surface area contributed by atoms with Gasteiger partial charge in [0.2, 0.25) is 0 Å². The van der Waals surface area contributed by atoms with Gasteiger partial charge in [0.1, 0.15) is 5.75 Å². The van der Waals surface area contributed by atoms with Crippen LogP contribution in [0, 0.1) is 18.3 Å². The van der Waals surface area contributed by atoms with E-state index in [1.807, 2.05) is 18.3 Å². The lowest BCUT2D eigenvalue weighted by Crippen LogP contribution is -2.44. The molecule has 0 N–H and O–H groups in total. The maximum Gasteiger partial charge on any atom is 0.121 e. The van der Waals surface area contributed by atoms with Gasteiger partial charge in [0, 0.05) is 45.0 Å². The monoisotopic (exact) mass is 311 g/mol. The summed E-state index contributed by atoms with van der Waals surface area (Å²) in [5, 5.41) is 0. The fraction of sp³-hybridized carbons (Fsp3) is 0.526. The highest BCUT2D eigenvalue weighted by Crippen LogP contribution is 2.30. The van der Waals surface area contributed by atoms with Crippen molar-refractivity contribution in [1.82, 2.24) is 9.80 Å². The minimum Gasteiger partial charge on any atom is -0.493 e. The Labute approximate surface area is 139 Å². The van der Waals surface area contributed by atoms with E-state index in [1.54, 1.807) is 0 Å². The Kier molecular flexibility index (Phi) is 5.32. The normalized spacial score (nSPS) is 21.7. The topological polar surface area (TPSA) is 28.1 Å². The molecule has 0 bridgehead atoms. The molecule has 1 aromatic carbocycles. The van der Waals surface area contributed by atoms with Gasteiger partial charge in [-0.15, -0.1) is 6.42 Å². The van der Waals surface area contributed by atoms with Crippen LogP contribution in [0.1, 0.15) is 12.0 Å². The van der Waals surface area contributed by atoms with Crippen molar-refractivity contribution < 1.29 is 4.74 Å². The number of ether oxygens (including phenoxy) is 1. The lowest BCUT2D eigenvalue weighted by molar-refractivity contribution is 0.145. The highest BCUT2D eigenvalue weighted by Gasteiger charge is 2.14. The van der Waals surface area contributed by atoms with Crippen LogP contribution in [0.4, 0.5) is 5.69 Å². The van der Waals surface area contributed by atoms with E-state index in [0.717, 1.165) is 37.4 Å². The van der Waals surface area contributed by atoms with Gasteiger partial charge in [-0.05, 0) is 31.5 Å². The van der Waals surface area contributed by atoms with E-state index in [1.165, 1.54) is 31.7 Å². The molecule has 0 radical (unpaired) electrons. The first-order chi connectivity index (χ1) is 11.2. The Bertz CT molecular complexity index is 597. The number of terminal acetylenes is 1. The molecular weight excluding hydrogens is 286 g/mol. The summed E-state index contributed by atoms with van der Waals surface area (Å²) in [6.07, 6.45) is 9.26. The van der Waals surface area contributed by atoms with E-state index in [2.05, 4.69) is 33.8 Å². The second-order valence-electron chi connectivity index (χ2n) is 6.39. The quantitative estimate of drug-likeness (QED) is 0.616. The summed E-state index contributed by atoms with van der Waals surface area (Å²) >= 11 is 0. The lowest BCUT2D eigenvalue weighted by Gasteiger charge is -2.32. The van der Waals surface area contributed by atoms with Gasteiger partial charge in [-0.25, -0.2) is 0 Å². The molecule has 4 nitrogen and oxygen atoms in total. The molecule has 0 spiro atoms. The van der Waals surface area contributed by atoms with Crippen LogP contribution in [0.15, 0.2) is 23.2 Å². The Balaban J connectivity index is 1.44. The van der Waals surface area contributed by atoms with Crippen LogP contribution < -0.4 is 4.74 Å². The Morgan fingerprint density at radius 3 is 2.91 bits per heavy atom. The maximum absolute atomic E-state index is 5.89. The largest absolute Gasteiger partial charge is 0.493 e. The molecule has 2 heterocycles. The average Bonchev–Trinajstić information content (AvgIpc) is 2.59. The Morgan fingerprint density at radius 1 is 1.30 bits per heavy atom. The van der Waals surface area contributed by atoms with Gasteiger partial charge < -0.3 is 14.5 Å². The van der Waals surface area contributed by atoms with E-state index in [-0.39, 0.29) is 5.92 Å². The summed E-state index contributed by atoms with van der Waals surface area (Å²) in [5.74, 6) is 3.77. The minimum absolute atomic E-state index is 0.123. The number of nitrogens with zero attached hydrogens (tertiary/aromatic N) is 3. The van der Waals surface area contributed by atoms with Gasteiger partial charge in [-0.2, -0.15) is 0 Å². The summed E-state index contributed by atoms with van der Waals surface area (Å²) in [5.41, 5.74) is 2.20. The van der Waals surface area contributed by atoms with Crippen molar-refractivity contribution in [3.05, 3.63) is 23.8 Å². The maximum atomic E-state index is 5.89. The molecule has 1 unspecified atom stereocenters. The number of hydrogen-bond acceptors (Lipinski definition) is 4. The van der Waals surface area contributed by atoms with Crippen molar-refractivity contribution in [3.63, 3.8) is 0 Å². The van der Waals surface area contributed by atoms with Crippen molar-refractivity contribution in [2.24, 2.45) is 10.9 Å². The average molecular weight is 311 g/mol. The first-order valence-electron chi connectivity index (χ1n) is 8.41. The number of hydrogen-bond donors (Lipinski definition) is 0. The SMILES string of the molecule is C#CC1C=Nc2cc(OCCCN3CCN(C)CC3)ccc2C1. The molecule has 0 saturated carbocycles. The molecule has 122 valence electrons. The molecule has 0 amide bonds. The van der Waals surface area contributed by atoms with Crippen molar-refractivity contribution in [2.45, 2.75) is 12.8 Å². The predicted molar refractivity (Wildman–Crippen MR) is 94.7 cm³/mol. The first-order valence-corrected chi connectivity index (χ1v) is 8.41. The van der Waals surface area contributed by atoms with E-state index >= 15 is 0 Å². The number of piperazine rings is 1. The fourth-order valence-electron chi connectivity index (χ4n) is 3.04. The van der Waals surface area contributed by atoms with Crippen LogP contribution in [0.3, 0.4) is 0 Å². The molecule has 0 aromatic heterocycles. The van der Waals surface area contributed by atoms with Gasteiger partial charge in [-0.1, -0.05) is 12.0 Å². The summed E-state index contributed by atoms with van der Waals surface area (Å²) < 4.78 is 5.89. The number of fused-ring (bicyclic) bond motifs is 1. The first kappa shape index (κ1) is 16.0. The Morgan fingerprint density at radius 2 is 2.13 bits per heavy atom. The van der Waals surface area contributed by atoms with Crippen LogP contribution in [-0.4, -0.2) is 62.4 Å². The van der Waals surface area contributed by atoms with E-state index in [9.17, 15) is 0 Å². The molecule has 4 heteroatoms. The van der Waals surface area contributed by atoms with E-state index in [4.69, 9.17) is 11.2 Å². The van der Waals surface area contributed by atoms with Gasteiger partial charge in [-0.3, -0.25) is 4.99 Å². The second-order valence-corrected chi connectivity index (χ2v) is 6.39. The van der Waals surface area contributed by atoms with Crippen LogP contribution >= 0.6 is 0 Å². The lowest BCUT2D eigenvalue weighted by atomic mass is 9.97. The third kappa shape index (κ3) is 4.34. The molecule has 1 aromatic rings. The highest BCUT2D eigenvalue weighted by atomic mass is 16.5. The zero-order valence-corrected chi connectivity index (χ0v) is 13.9. The molecule has 1 fully saturated rings. The zero-order chi connectivity index (χ0) is 16.1. The number of benzene rings is 1. The van der Waals surface area contributed by atoms with Crippen molar-refractivity contribution >= 4 is 11.9 Å². The molecule has 1 atom stereocenters. The second kappa shape index (κ2) is 7.63. The number of rotatable bonds is 5. The van der Waals surface area contributed by atoms with Crippen LogP contribution in [0.5, 0.6) is 5.75 Å². The predicted octanol–water partition coefficient (Wildman–Crippen LogP) is 2.21. The van der Waals surface area contributed by atoms with Gasteiger partial charge in [0.25, 0.3) is 0 Å². The third-order valence-electron chi connectivity index (χ3n) is 4.59. The van der Waals surface area contributed by atoms with Crippen molar-refractivity contribution in [1.29, 1.82) is 0 Å². The molecule has 3 rings (SSSR count). The fourth-order valence-corrected chi connectivity index (χ4v) is 3.04. The van der Waals surface area contributed by atoms with Gasteiger partial charge >= 0.3 is 0 Å². The number of likely N-dealkylation sites (N-methyl/N-ethyl adjacent to an activating group) is 1. The molecule has 0 aliphatic carbocycles. The third-order valence-corrected chi connectivity index (χ3v) is 4.59. The molecule has 1 saturated heterocycles. The van der Waals surface area contributed by atoms with Gasteiger partial charge in [0.15, 0.2) is 0 Å². The summed E-state index contributed by atoms with van der Waals surface area (Å²) in [6.45, 7) is 6.54. The molecule has 2 aliphatic rings. The molecule has 2 aliphatic heterocycles. The smallest absolute Gasteiger partial charge is 0.121 e. The van der Waals surface area contributed by atoms with Gasteiger partial charge in [0.05, 0.1) is 18.2 Å². The van der Waals surface area contributed by atoms with Crippen molar-refractivity contribution in [2.75, 3.05) is 46.4 Å². The highest BCUT2D eigenvalue weighted by molar-refractivity contribution is 5.74. The molecular formula is C19H25N3O.